The van der Waals surface area contributed by atoms with E-state index in [0.717, 1.165) is 33.8 Å². The van der Waals surface area contributed by atoms with Gasteiger partial charge in [-0.1, -0.05) is 11.8 Å². The predicted molar refractivity (Wildman–Crippen MR) is 95.6 cm³/mol. The predicted octanol–water partition coefficient (Wildman–Crippen LogP) is 3.01. The quantitative estimate of drug-likeness (QED) is 0.571. The Hall–Kier alpha value is -2.06. The number of carbonyl (C=O) groups is 1. The minimum Gasteiger partial charge on any atom is -0.294 e. The summed E-state index contributed by atoms with van der Waals surface area (Å²) in [5.41, 5.74) is 2.19. The fourth-order valence-electron chi connectivity index (χ4n) is 2.81. The highest BCUT2D eigenvalue weighted by molar-refractivity contribution is 8.00. The summed E-state index contributed by atoms with van der Waals surface area (Å²) in [5.74, 6) is 0.475. The Morgan fingerprint density at radius 3 is 3.12 bits per heavy atom. The number of amides is 1. The average Bonchev–Trinajstić information content (AvgIpc) is 3.13. The number of hydrogen-bond acceptors (Lipinski definition) is 7. The third kappa shape index (κ3) is 2.99. The molecule has 4 rings (SSSR count). The Labute approximate surface area is 147 Å². The van der Waals surface area contributed by atoms with Gasteiger partial charge in [0.05, 0.1) is 5.75 Å². The van der Waals surface area contributed by atoms with Gasteiger partial charge in [0.2, 0.25) is 11.9 Å². The van der Waals surface area contributed by atoms with Crippen molar-refractivity contribution in [2.24, 2.45) is 0 Å². The number of aryl methyl sites for hydroxylation is 3. The average molecular weight is 357 g/mol. The molecule has 0 unspecified atom stereocenters. The van der Waals surface area contributed by atoms with Crippen LogP contribution in [0.2, 0.25) is 0 Å². The summed E-state index contributed by atoms with van der Waals surface area (Å²) in [6.45, 7) is 1.86. The van der Waals surface area contributed by atoms with E-state index in [0.29, 0.717) is 5.95 Å². The number of thioether (sulfide) groups is 1. The lowest BCUT2D eigenvalue weighted by Crippen LogP contribution is -2.16. The lowest BCUT2D eigenvalue weighted by Gasteiger charge is -2.05. The van der Waals surface area contributed by atoms with Gasteiger partial charge in [-0.25, -0.2) is 19.9 Å². The van der Waals surface area contributed by atoms with Gasteiger partial charge < -0.3 is 0 Å². The SMILES string of the molecule is Cc1ccnc(NC(=O)CSc2ncnc3sc4c(c23)CCC4)n1. The Morgan fingerprint density at radius 1 is 1.33 bits per heavy atom. The van der Waals surface area contributed by atoms with Crippen LogP contribution in [0.4, 0.5) is 5.95 Å². The first-order valence-electron chi connectivity index (χ1n) is 7.68. The number of hydrogen-bond donors (Lipinski definition) is 1. The van der Waals surface area contributed by atoms with Crippen molar-refractivity contribution >= 4 is 45.2 Å². The van der Waals surface area contributed by atoms with Crippen LogP contribution in [0.1, 0.15) is 22.6 Å². The topological polar surface area (TPSA) is 80.7 Å². The molecule has 3 heterocycles. The Bertz CT molecular complexity index is 924. The second-order valence-electron chi connectivity index (χ2n) is 5.57. The highest BCUT2D eigenvalue weighted by Gasteiger charge is 2.21. The van der Waals surface area contributed by atoms with E-state index in [1.807, 2.05) is 6.92 Å². The van der Waals surface area contributed by atoms with Gasteiger partial charge in [-0.3, -0.25) is 10.1 Å². The van der Waals surface area contributed by atoms with Crippen molar-refractivity contribution in [2.75, 3.05) is 11.1 Å². The maximum Gasteiger partial charge on any atom is 0.237 e. The fourth-order valence-corrected chi connectivity index (χ4v) is 4.93. The van der Waals surface area contributed by atoms with Gasteiger partial charge in [0.15, 0.2) is 0 Å². The molecule has 122 valence electrons. The molecule has 0 atom stereocenters. The smallest absolute Gasteiger partial charge is 0.237 e. The van der Waals surface area contributed by atoms with Crippen LogP contribution < -0.4 is 5.32 Å². The number of rotatable bonds is 4. The van der Waals surface area contributed by atoms with Crippen molar-refractivity contribution in [3.05, 3.63) is 34.7 Å². The number of aromatic nitrogens is 4. The van der Waals surface area contributed by atoms with E-state index in [-0.39, 0.29) is 11.7 Å². The molecular weight excluding hydrogens is 342 g/mol. The first-order chi connectivity index (χ1) is 11.7. The first kappa shape index (κ1) is 15.5. The van der Waals surface area contributed by atoms with Crippen molar-refractivity contribution in [2.45, 2.75) is 31.2 Å². The van der Waals surface area contributed by atoms with Crippen LogP contribution in [0.15, 0.2) is 23.6 Å². The summed E-state index contributed by atoms with van der Waals surface area (Å²) in [6.07, 6.45) is 6.62. The molecule has 1 aliphatic rings. The van der Waals surface area contributed by atoms with Gasteiger partial charge in [-0.05, 0) is 37.8 Å². The van der Waals surface area contributed by atoms with Gasteiger partial charge in [-0.2, -0.15) is 0 Å². The number of carbonyl (C=O) groups excluding carboxylic acids is 1. The number of fused-ring (bicyclic) bond motifs is 3. The summed E-state index contributed by atoms with van der Waals surface area (Å²) >= 11 is 3.19. The van der Waals surface area contributed by atoms with Gasteiger partial charge in [0.1, 0.15) is 16.2 Å². The molecule has 0 saturated carbocycles. The summed E-state index contributed by atoms with van der Waals surface area (Å²) in [4.78, 5) is 31.6. The summed E-state index contributed by atoms with van der Waals surface area (Å²) in [6, 6.07) is 1.79. The van der Waals surface area contributed by atoms with Crippen LogP contribution in [0.3, 0.4) is 0 Å². The van der Waals surface area contributed by atoms with Crippen LogP contribution in [0.5, 0.6) is 0 Å². The van der Waals surface area contributed by atoms with Gasteiger partial charge in [0, 0.05) is 22.2 Å². The van der Waals surface area contributed by atoms with Crippen LogP contribution in [-0.2, 0) is 17.6 Å². The van der Waals surface area contributed by atoms with E-state index in [2.05, 4.69) is 25.3 Å². The van der Waals surface area contributed by atoms with Crippen LogP contribution >= 0.6 is 23.1 Å². The molecule has 8 heteroatoms. The molecule has 0 aromatic carbocycles. The van der Waals surface area contributed by atoms with E-state index in [1.165, 1.54) is 28.6 Å². The molecule has 0 radical (unpaired) electrons. The van der Waals surface area contributed by atoms with E-state index in [9.17, 15) is 4.79 Å². The minimum atomic E-state index is -0.135. The maximum atomic E-state index is 12.2. The third-order valence-electron chi connectivity index (χ3n) is 3.85. The highest BCUT2D eigenvalue weighted by Crippen LogP contribution is 2.39. The Balaban J connectivity index is 1.50. The molecule has 3 aromatic heterocycles. The Morgan fingerprint density at radius 2 is 2.25 bits per heavy atom. The zero-order chi connectivity index (χ0) is 16.5. The van der Waals surface area contributed by atoms with E-state index in [4.69, 9.17) is 0 Å². The molecule has 0 spiro atoms. The number of nitrogens with one attached hydrogen (secondary N) is 1. The number of thiophene rings is 1. The van der Waals surface area contributed by atoms with Gasteiger partial charge in [0.25, 0.3) is 0 Å². The molecule has 1 aliphatic carbocycles. The number of anilines is 1. The Kier molecular flexibility index (Phi) is 4.15. The van der Waals surface area contributed by atoms with Crippen molar-refractivity contribution in [3.8, 4) is 0 Å². The largest absolute Gasteiger partial charge is 0.294 e. The lowest BCUT2D eigenvalue weighted by atomic mass is 10.2. The number of nitrogens with zero attached hydrogens (tertiary/aromatic N) is 4. The van der Waals surface area contributed by atoms with Crippen LogP contribution in [0.25, 0.3) is 10.2 Å². The molecule has 0 aliphatic heterocycles. The molecule has 1 amide bonds. The van der Waals surface area contributed by atoms with E-state index >= 15 is 0 Å². The second-order valence-corrected chi connectivity index (χ2v) is 7.62. The third-order valence-corrected chi connectivity index (χ3v) is 6.04. The van der Waals surface area contributed by atoms with Crippen molar-refractivity contribution in [3.63, 3.8) is 0 Å². The molecule has 0 bridgehead atoms. The minimum absolute atomic E-state index is 0.135. The molecule has 24 heavy (non-hydrogen) atoms. The maximum absolute atomic E-state index is 12.2. The van der Waals surface area contributed by atoms with Gasteiger partial charge >= 0.3 is 0 Å². The van der Waals surface area contributed by atoms with E-state index < -0.39 is 0 Å². The first-order valence-corrected chi connectivity index (χ1v) is 9.48. The van der Waals surface area contributed by atoms with Crippen molar-refractivity contribution in [1.29, 1.82) is 0 Å². The van der Waals surface area contributed by atoms with Gasteiger partial charge in [-0.15, -0.1) is 11.3 Å². The fraction of sp³-hybridized carbons (Fsp3) is 0.312. The normalized spacial score (nSPS) is 13.2. The molecule has 1 N–H and O–H groups in total. The monoisotopic (exact) mass is 357 g/mol. The molecule has 0 saturated heterocycles. The van der Waals surface area contributed by atoms with E-state index in [1.54, 1.807) is 29.9 Å². The lowest BCUT2D eigenvalue weighted by molar-refractivity contribution is -0.113. The van der Waals surface area contributed by atoms with Crippen LogP contribution in [-0.4, -0.2) is 31.6 Å². The van der Waals surface area contributed by atoms with Crippen LogP contribution in [0, 0.1) is 6.92 Å². The molecule has 3 aromatic rings. The molecule has 0 fully saturated rings. The standard InChI is InChI=1S/C16H15N5OS2/c1-9-5-6-17-16(20-9)21-12(22)7-23-14-13-10-3-2-4-11(10)24-15(13)19-8-18-14/h5-6,8H,2-4,7H2,1H3,(H,17,20,21,22). The van der Waals surface area contributed by atoms with Crippen molar-refractivity contribution in [1.82, 2.24) is 19.9 Å². The van der Waals surface area contributed by atoms with Crippen molar-refractivity contribution < 1.29 is 4.79 Å². The highest BCUT2D eigenvalue weighted by atomic mass is 32.2. The summed E-state index contributed by atoms with van der Waals surface area (Å²) in [7, 11) is 0. The zero-order valence-corrected chi connectivity index (χ0v) is 14.7. The molecular formula is C16H15N5OS2. The summed E-state index contributed by atoms with van der Waals surface area (Å²) in [5, 5.41) is 4.75. The molecule has 6 nitrogen and oxygen atoms in total. The second kappa shape index (κ2) is 6.45. The zero-order valence-electron chi connectivity index (χ0n) is 13.1. The summed E-state index contributed by atoms with van der Waals surface area (Å²) < 4.78 is 0.